The zero-order valence-electron chi connectivity index (χ0n) is 6.74. The Morgan fingerprint density at radius 2 is 1.54 bits per heavy atom. The van der Waals surface area contributed by atoms with Crippen LogP contribution >= 0.6 is 23.6 Å². The number of anilines is 1. The molecule has 2 aromatic carbocycles. The highest BCUT2D eigenvalue weighted by Crippen LogP contribution is 2.28. The van der Waals surface area contributed by atoms with Crippen LogP contribution in [0.1, 0.15) is 0 Å². The molecule has 65 valence electrons. The Morgan fingerprint density at radius 3 is 2.31 bits per heavy atom. The highest BCUT2D eigenvalue weighted by atomic mass is 35.5. The second-order valence-electron chi connectivity index (χ2n) is 2.73. The van der Waals surface area contributed by atoms with E-state index in [1.165, 1.54) is 0 Å². The van der Waals surface area contributed by atoms with Gasteiger partial charge in [0.15, 0.2) is 0 Å². The van der Waals surface area contributed by atoms with Gasteiger partial charge in [0.05, 0.1) is 9.32 Å². The lowest BCUT2D eigenvalue weighted by atomic mass is 10.1. The van der Waals surface area contributed by atoms with E-state index in [-0.39, 0.29) is 0 Å². The van der Waals surface area contributed by atoms with Crippen LogP contribution in [-0.2, 0) is 0 Å². The van der Waals surface area contributed by atoms with Gasteiger partial charge in [-0.2, -0.15) is 0 Å². The summed E-state index contributed by atoms with van der Waals surface area (Å²) in [6.07, 6.45) is 0. The van der Waals surface area contributed by atoms with Crippen LogP contribution < -0.4 is 3.94 Å². The molecule has 0 spiro atoms. The summed E-state index contributed by atoms with van der Waals surface area (Å²) in [5.41, 5.74) is 0.807. The van der Waals surface area contributed by atoms with Gasteiger partial charge in [-0.15, -0.1) is 0 Å². The summed E-state index contributed by atoms with van der Waals surface area (Å²) < 4.78 is 1.09. The summed E-state index contributed by atoms with van der Waals surface area (Å²) >= 11 is 11.4. The molecular formula is C10H7Cl2N+. The maximum atomic E-state index is 5.68. The summed E-state index contributed by atoms with van der Waals surface area (Å²) in [6.45, 7) is 0. The van der Waals surface area contributed by atoms with Gasteiger partial charge in [0.2, 0.25) is 5.69 Å². The third kappa shape index (κ3) is 1.63. The van der Waals surface area contributed by atoms with E-state index in [1.54, 1.807) is 0 Å². The van der Waals surface area contributed by atoms with E-state index < -0.39 is 0 Å². The predicted octanol–water partition coefficient (Wildman–Crippen LogP) is 3.92. The number of nitrogens with zero attached hydrogens (tertiary/aromatic N) is 1. The first-order valence-corrected chi connectivity index (χ1v) is 4.56. The summed E-state index contributed by atoms with van der Waals surface area (Å²) in [4.78, 5) is 0. The first kappa shape index (κ1) is 8.82. The Morgan fingerprint density at radius 1 is 0.846 bits per heavy atom. The number of hydrogen-bond donors (Lipinski definition) is 0. The third-order valence-electron chi connectivity index (χ3n) is 1.95. The van der Waals surface area contributed by atoms with Crippen LogP contribution in [0.15, 0.2) is 42.5 Å². The fourth-order valence-corrected chi connectivity index (χ4v) is 1.65. The van der Waals surface area contributed by atoms with E-state index in [9.17, 15) is 0 Å². The largest absolute Gasteiger partial charge is 0.257 e. The lowest BCUT2D eigenvalue weighted by molar-refractivity contribution is 1.24. The smallest absolute Gasteiger partial charge is 0.0616 e. The van der Waals surface area contributed by atoms with E-state index in [1.807, 2.05) is 42.5 Å². The fourth-order valence-electron chi connectivity index (χ4n) is 1.36. The van der Waals surface area contributed by atoms with Crippen molar-refractivity contribution in [3.8, 4) is 0 Å². The molecule has 2 rings (SSSR count). The van der Waals surface area contributed by atoms with Gasteiger partial charge in [0, 0.05) is 6.07 Å². The van der Waals surface area contributed by atoms with Crippen molar-refractivity contribution in [3.05, 3.63) is 42.5 Å². The van der Waals surface area contributed by atoms with Crippen molar-refractivity contribution >= 4 is 40.0 Å². The van der Waals surface area contributed by atoms with Crippen molar-refractivity contribution in [2.24, 2.45) is 0 Å². The Bertz CT molecular complexity index is 421. The number of rotatable bonds is 1. The molecule has 0 fully saturated rings. The molecule has 0 saturated carbocycles. The predicted molar refractivity (Wildman–Crippen MR) is 57.4 cm³/mol. The molecule has 0 aliphatic heterocycles. The maximum Gasteiger partial charge on any atom is 0.257 e. The van der Waals surface area contributed by atoms with Crippen molar-refractivity contribution < 1.29 is 0 Å². The SMILES string of the molecule is Cl[N+](Cl)c1cccc2ccccc12. The van der Waals surface area contributed by atoms with Gasteiger partial charge in [-0.05, 0) is 11.5 Å². The van der Waals surface area contributed by atoms with Crippen molar-refractivity contribution in [1.29, 1.82) is 0 Å². The van der Waals surface area contributed by atoms with E-state index in [2.05, 4.69) is 0 Å². The third-order valence-corrected chi connectivity index (χ3v) is 2.31. The minimum atomic E-state index is 0.807. The summed E-state index contributed by atoms with van der Waals surface area (Å²) in [6, 6.07) is 13.8. The summed E-state index contributed by atoms with van der Waals surface area (Å²) in [5, 5.41) is 2.18. The first-order valence-electron chi connectivity index (χ1n) is 3.88. The molecule has 13 heavy (non-hydrogen) atoms. The molecule has 1 nitrogen and oxygen atoms in total. The van der Waals surface area contributed by atoms with E-state index in [4.69, 9.17) is 23.6 Å². The number of benzene rings is 2. The average Bonchev–Trinajstić information content (AvgIpc) is 2.17. The molecule has 0 heterocycles. The lowest BCUT2D eigenvalue weighted by Gasteiger charge is -1.97. The van der Waals surface area contributed by atoms with Crippen LogP contribution in [0.5, 0.6) is 0 Å². The lowest BCUT2D eigenvalue weighted by Crippen LogP contribution is -1.93. The highest BCUT2D eigenvalue weighted by molar-refractivity contribution is 6.40. The monoisotopic (exact) mass is 211 g/mol. The van der Waals surface area contributed by atoms with Gasteiger partial charge < -0.3 is 0 Å². The van der Waals surface area contributed by atoms with Crippen molar-refractivity contribution in [2.45, 2.75) is 0 Å². The Hall–Kier alpha value is -0.760. The van der Waals surface area contributed by atoms with Crippen LogP contribution in [0.2, 0.25) is 0 Å². The van der Waals surface area contributed by atoms with E-state index in [0.717, 1.165) is 20.4 Å². The molecule has 2 aromatic rings. The van der Waals surface area contributed by atoms with Crippen molar-refractivity contribution in [2.75, 3.05) is 0 Å². The van der Waals surface area contributed by atoms with E-state index in [0.29, 0.717) is 0 Å². The molecule has 0 unspecified atom stereocenters. The van der Waals surface area contributed by atoms with Gasteiger partial charge in [0.25, 0.3) is 23.6 Å². The van der Waals surface area contributed by atoms with Gasteiger partial charge >= 0.3 is 0 Å². The Kier molecular flexibility index (Phi) is 2.40. The van der Waals surface area contributed by atoms with Gasteiger partial charge in [0.1, 0.15) is 0 Å². The molecule has 0 amide bonds. The van der Waals surface area contributed by atoms with Crippen LogP contribution in [0.25, 0.3) is 10.8 Å². The molecule has 0 bridgehead atoms. The van der Waals surface area contributed by atoms with Crippen molar-refractivity contribution in [3.63, 3.8) is 0 Å². The highest BCUT2D eigenvalue weighted by Gasteiger charge is 2.17. The first-order chi connectivity index (χ1) is 6.29. The molecule has 3 heteroatoms. The molecular weight excluding hydrogens is 205 g/mol. The van der Waals surface area contributed by atoms with E-state index >= 15 is 0 Å². The zero-order valence-corrected chi connectivity index (χ0v) is 8.26. The van der Waals surface area contributed by atoms with Crippen LogP contribution in [0.3, 0.4) is 0 Å². The Balaban J connectivity index is 2.76. The molecule has 1 radical (unpaired) electrons. The van der Waals surface area contributed by atoms with Gasteiger partial charge in [-0.1, -0.05) is 30.3 Å². The number of fused-ring (bicyclic) bond motifs is 1. The number of halogens is 2. The van der Waals surface area contributed by atoms with Crippen LogP contribution in [-0.4, -0.2) is 0 Å². The maximum absolute atomic E-state index is 5.68. The minimum Gasteiger partial charge on any atom is -0.0616 e. The molecule has 0 N–H and O–H groups in total. The van der Waals surface area contributed by atoms with Crippen LogP contribution in [0.4, 0.5) is 5.69 Å². The molecule has 0 saturated heterocycles. The molecule has 0 aliphatic rings. The topological polar surface area (TPSA) is 5.90 Å². The summed E-state index contributed by atoms with van der Waals surface area (Å²) in [5.74, 6) is 0. The molecule has 0 aromatic heterocycles. The number of hydrogen-bond acceptors (Lipinski definition) is 1. The Labute approximate surface area is 86.7 Å². The second kappa shape index (κ2) is 3.54. The van der Waals surface area contributed by atoms with Gasteiger partial charge in [-0.3, -0.25) is 0 Å². The van der Waals surface area contributed by atoms with Crippen molar-refractivity contribution in [1.82, 2.24) is 3.94 Å². The standard InChI is InChI=1S/C10H7Cl2N/c11-13(12)10-7-3-5-8-4-1-2-6-9(8)10/h1-7H/q+1. The van der Waals surface area contributed by atoms with Gasteiger partial charge in [-0.25, -0.2) is 0 Å². The average molecular weight is 212 g/mol. The second-order valence-corrected chi connectivity index (χ2v) is 3.58. The zero-order chi connectivity index (χ0) is 9.26. The summed E-state index contributed by atoms with van der Waals surface area (Å²) in [7, 11) is 0. The normalized spacial score (nSPS) is 11.0. The quantitative estimate of drug-likeness (QED) is 0.632. The van der Waals surface area contributed by atoms with Crippen LogP contribution in [0, 0.1) is 0 Å². The fraction of sp³-hybridized carbons (Fsp3) is 0. The molecule has 0 aliphatic carbocycles. The molecule has 0 atom stereocenters. The minimum absolute atomic E-state index is 0.807.